The van der Waals surface area contributed by atoms with E-state index in [0.717, 1.165) is 12.3 Å². The second-order valence-corrected chi connectivity index (χ2v) is 4.13. The quantitative estimate of drug-likeness (QED) is 0.700. The molecule has 16 heavy (non-hydrogen) atoms. The molecule has 1 aromatic carbocycles. The van der Waals surface area contributed by atoms with Crippen LogP contribution in [0.25, 0.3) is 0 Å². The molecular weight excluding hydrogens is 200 g/mol. The van der Waals surface area contributed by atoms with Gasteiger partial charge in [-0.25, -0.2) is 0 Å². The highest BCUT2D eigenvalue weighted by Gasteiger charge is 2.05. The molecule has 0 spiro atoms. The second kappa shape index (κ2) is 6.51. The Morgan fingerprint density at radius 2 is 1.75 bits per heavy atom. The van der Waals surface area contributed by atoms with Gasteiger partial charge < -0.3 is 10.1 Å². The third-order valence-corrected chi connectivity index (χ3v) is 2.82. The van der Waals surface area contributed by atoms with Crippen molar-refractivity contribution in [2.45, 2.75) is 25.8 Å². The molecule has 2 heterocycles. The second-order valence-electron chi connectivity index (χ2n) is 4.13. The maximum Gasteiger partial charge on any atom is 0.139 e. The lowest BCUT2D eigenvalue weighted by Gasteiger charge is -2.17. The van der Waals surface area contributed by atoms with E-state index >= 15 is 0 Å². The van der Waals surface area contributed by atoms with Crippen molar-refractivity contribution in [2.75, 3.05) is 19.8 Å². The normalized spacial score (nSPS) is 18.8. The van der Waals surface area contributed by atoms with E-state index in [4.69, 9.17) is 4.74 Å². The average molecular weight is 220 g/mol. The smallest absolute Gasteiger partial charge is 0.139 e. The molecule has 0 saturated carbocycles. The summed E-state index contributed by atoms with van der Waals surface area (Å²) in [4.78, 5) is 0. The van der Waals surface area contributed by atoms with Crippen LogP contribution in [0.15, 0.2) is 24.3 Å². The van der Waals surface area contributed by atoms with Crippen LogP contribution in [-0.4, -0.2) is 19.8 Å². The molecule has 0 radical (unpaired) electrons. The van der Waals surface area contributed by atoms with Crippen LogP contribution in [0.1, 0.15) is 24.8 Å². The van der Waals surface area contributed by atoms with Crippen molar-refractivity contribution in [3.05, 3.63) is 29.8 Å². The minimum atomic E-state index is 0.636. The van der Waals surface area contributed by atoms with E-state index < -0.39 is 0 Å². The lowest BCUT2D eigenvalue weighted by Crippen LogP contribution is -2.24. The Hall–Kier alpha value is -1.06. The Labute approximate surface area is 97.2 Å². The molecular formula is C13H20N2O. The summed E-state index contributed by atoms with van der Waals surface area (Å²) in [6, 6.07) is 8.08. The van der Waals surface area contributed by atoms with Gasteiger partial charge in [0, 0.05) is 12.1 Å². The maximum absolute atomic E-state index is 5.31. The minimum absolute atomic E-state index is 0.636. The van der Waals surface area contributed by atoms with E-state index in [-0.39, 0.29) is 0 Å². The number of para-hydroxylation sites is 1. The Kier molecular flexibility index (Phi) is 4.65. The summed E-state index contributed by atoms with van der Waals surface area (Å²) in [5, 5.41) is 6.40. The van der Waals surface area contributed by atoms with Crippen molar-refractivity contribution in [3.63, 3.8) is 0 Å². The summed E-state index contributed by atoms with van der Waals surface area (Å²) in [6.07, 6.45) is 4.22. The molecule has 3 nitrogen and oxygen atoms in total. The van der Waals surface area contributed by atoms with Crippen molar-refractivity contribution in [1.82, 2.24) is 10.6 Å². The lowest BCUT2D eigenvalue weighted by atomic mass is 10.2. The standard InChI is InChI=1S/C8H9NO.C5H11N/c1-2-4-8-7(3-1)5-9-6-10-8;1-2-4-6-5-3-1/h1-4,9H,5-6H2;6H,1-5H2. The van der Waals surface area contributed by atoms with E-state index in [9.17, 15) is 0 Å². The predicted molar refractivity (Wildman–Crippen MR) is 65.5 cm³/mol. The highest BCUT2D eigenvalue weighted by Crippen LogP contribution is 2.19. The zero-order chi connectivity index (χ0) is 11.1. The maximum atomic E-state index is 5.31. The van der Waals surface area contributed by atoms with Crippen LogP contribution in [0.3, 0.4) is 0 Å². The van der Waals surface area contributed by atoms with Gasteiger partial charge in [-0.15, -0.1) is 0 Å². The third-order valence-electron chi connectivity index (χ3n) is 2.82. The number of hydrogen-bond acceptors (Lipinski definition) is 3. The molecule has 1 aromatic rings. The summed E-state index contributed by atoms with van der Waals surface area (Å²) in [5.74, 6) is 1.02. The molecule has 0 amide bonds. The average Bonchev–Trinajstić information content (AvgIpc) is 2.42. The lowest BCUT2D eigenvalue weighted by molar-refractivity contribution is 0.257. The highest BCUT2D eigenvalue weighted by atomic mass is 16.5. The number of rotatable bonds is 0. The van der Waals surface area contributed by atoms with Gasteiger partial charge in [0.15, 0.2) is 0 Å². The SMILES string of the molecule is C1CCNCC1.c1ccc2c(c1)CNCO2. The third kappa shape index (κ3) is 3.51. The van der Waals surface area contributed by atoms with E-state index in [2.05, 4.69) is 16.7 Å². The zero-order valence-electron chi connectivity index (χ0n) is 9.67. The summed E-state index contributed by atoms with van der Waals surface area (Å²) < 4.78 is 5.31. The number of ether oxygens (including phenoxy) is 1. The van der Waals surface area contributed by atoms with Gasteiger partial charge in [-0.1, -0.05) is 24.6 Å². The van der Waals surface area contributed by atoms with Crippen molar-refractivity contribution < 1.29 is 4.74 Å². The first-order valence-electron chi connectivity index (χ1n) is 6.09. The Balaban J connectivity index is 0.000000138. The molecule has 0 atom stereocenters. The molecule has 1 saturated heterocycles. The monoisotopic (exact) mass is 220 g/mol. The largest absolute Gasteiger partial charge is 0.478 e. The van der Waals surface area contributed by atoms with Crippen molar-refractivity contribution in [3.8, 4) is 5.75 Å². The summed E-state index contributed by atoms with van der Waals surface area (Å²) >= 11 is 0. The molecule has 0 bridgehead atoms. The van der Waals surface area contributed by atoms with E-state index in [1.165, 1.54) is 37.9 Å². The number of fused-ring (bicyclic) bond motifs is 1. The van der Waals surface area contributed by atoms with Gasteiger partial charge in [-0.2, -0.15) is 0 Å². The summed E-state index contributed by atoms with van der Waals surface area (Å²) in [6.45, 7) is 4.06. The van der Waals surface area contributed by atoms with Crippen molar-refractivity contribution in [1.29, 1.82) is 0 Å². The van der Waals surface area contributed by atoms with E-state index in [1.54, 1.807) is 0 Å². The fourth-order valence-corrected chi connectivity index (χ4v) is 1.91. The molecule has 2 aliphatic rings. The van der Waals surface area contributed by atoms with Crippen LogP contribution < -0.4 is 15.4 Å². The molecule has 0 unspecified atom stereocenters. The Bertz CT molecular complexity index is 274. The van der Waals surface area contributed by atoms with Gasteiger partial charge in [-0.05, 0) is 32.0 Å². The molecule has 3 heteroatoms. The fourth-order valence-electron chi connectivity index (χ4n) is 1.91. The number of piperidine rings is 1. The molecule has 88 valence electrons. The number of hydrogen-bond donors (Lipinski definition) is 2. The van der Waals surface area contributed by atoms with Crippen LogP contribution in [-0.2, 0) is 6.54 Å². The Morgan fingerprint density at radius 1 is 0.938 bits per heavy atom. The first kappa shape index (κ1) is 11.4. The minimum Gasteiger partial charge on any atom is -0.478 e. The molecule has 0 aromatic heterocycles. The van der Waals surface area contributed by atoms with Crippen molar-refractivity contribution in [2.24, 2.45) is 0 Å². The topological polar surface area (TPSA) is 33.3 Å². The van der Waals surface area contributed by atoms with Gasteiger partial charge in [0.1, 0.15) is 12.5 Å². The van der Waals surface area contributed by atoms with Gasteiger partial charge >= 0.3 is 0 Å². The van der Waals surface area contributed by atoms with E-state index in [1.807, 2.05) is 18.2 Å². The number of nitrogens with one attached hydrogen (secondary N) is 2. The summed E-state index contributed by atoms with van der Waals surface area (Å²) in [7, 11) is 0. The fraction of sp³-hybridized carbons (Fsp3) is 0.538. The molecule has 3 rings (SSSR count). The van der Waals surface area contributed by atoms with Gasteiger partial charge in [0.05, 0.1) is 0 Å². The molecule has 2 aliphatic heterocycles. The molecule has 0 aliphatic carbocycles. The first-order chi connectivity index (χ1) is 7.97. The van der Waals surface area contributed by atoms with Crippen LogP contribution in [0, 0.1) is 0 Å². The Morgan fingerprint density at radius 3 is 2.38 bits per heavy atom. The number of benzene rings is 1. The first-order valence-corrected chi connectivity index (χ1v) is 6.09. The van der Waals surface area contributed by atoms with Crippen LogP contribution in [0.5, 0.6) is 5.75 Å². The summed E-state index contributed by atoms with van der Waals surface area (Å²) in [5.41, 5.74) is 1.24. The molecule has 1 fully saturated rings. The van der Waals surface area contributed by atoms with Crippen LogP contribution >= 0.6 is 0 Å². The van der Waals surface area contributed by atoms with Crippen LogP contribution in [0.4, 0.5) is 0 Å². The van der Waals surface area contributed by atoms with Gasteiger partial charge in [0.25, 0.3) is 0 Å². The predicted octanol–water partition coefficient (Wildman–Crippen LogP) is 1.89. The molecule has 2 N–H and O–H groups in total. The zero-order valence-corrected chi connectivity index (χ0v) is 9.67. The highest BCUT2D eigenvalue weighted by molar-refractivity contribution is 5.33. The van der Waals surface area contributed by atoms with Crippen molar-refractivity contribution >= 4 is 0 Å². The van der Waals surface area contributed by atoms with Crippen LogP contribution in [0.2, 0.25) is 0 Å². The van der Waals surface area contributed by atoms with Gasteiger partial charge in [-0.3, -0.25) is 5.32 Å². The van der Waals surface area contributed by atoms with E-state index in [0.29, 0.717) is 6.73 Å². The van der Waals surface area contributed by atoms with Gasteiger partial charge in [0.2, 0.25) is 0 Å².